The largest absolute Gasteiger partial charge is 0.504 e. The van der Waals surface area contributed by atoms with E-state index >= 15 is 0 Å². The Morgan fingerprint density at radius 3 is 1.71 bits per heavy atom. The molecule has 0 aliphatic carbocycles. The van der Waals surface area contributed by atoms with Gasteiger partial charge in [0.2, 0.25) is 5.75 Å². The van der Waals surface area contributed by atoms with Gasteiger partial charge in [-0.15, -0.1) is 0 Å². The van der Waals surface area contributed by atoms with Crippen molar-refractivity contribution in [3.05, 3.63) is 52.1 Å². The predicted octanol–water partition coefficient (Wildman–Crippen LogP) is 7.77. The molecule has 0 unspecified atom stereocenters. The van der Waals surface area contributed by atoms with Crippen molar-refractivity contribution in [1.82, 2.24) is 0 Å². The van der Waals surface area contributed by atoms with Crippen LogP contribution >= 0.6 is 0 Å². The molecule has 8 nitrogen and oxygen atoms in total. The van der Waals surface area contributed by atoms with E-state index in [-0.39, 0.29) is 25.9 Å². The van der Waals surface area contributed by atoms with Gasteiger partial charge < -0.3 is 19.7 Å². The van der Waals surface area contributed by atoms with Gasteiger partial charge in [0, 0.05) is 19.3 Å². The highest BCUT2D eigenvalue weighted by Crippen LogP contribution is 2.46. The zero-order chi connectivity index (χ0) is 30.4. The molecule has 2 aromatic rings. The number of hydrogen-bond acceptors (Lipinski definition) is 8. The van der Waals surface area contributed by atoms with Gasteiger partial charge in [0.25, 0.3) is 0 Å². The lowest BCUT2D eigenvalue weighted by atomic mass is 9.89. The molecular formula is C33H44O8. The van der Waals surface area contributed by atoms with Crippen molar-refractivity contribution in [2.24, 2.45) is 0 Å². The number of phenolic OH excluding ortho intramolecular Hbond substituents is 2. The number of benzene rings is 2. The van der Waals surface area contributed by atoms with E-state index in [9.17, 15) is 29.4 Å². The first kappa shape index (κ1) is 33.5. The summed E-state index contributed by atoms with van der Waals surface area (Å²) in [5.41, 5.74) is 0.326. The Kier molecular flexibility index (Phi) is 14.1. The molecule has 8 heteroatoms. The molecule has 0 saturated heterocycles. The zero-order valence-corrected chi connectivity index (χ0v) is 24.8. The van der Waals surface area contributed by atoms with Crippen molar-refractivity contribution in [2.75, 3.05) is 0 Å². The summed E-state index contributed by atoms with van der Waals surface area (Å²) in [5.74, 6) is -5.39. The van der Waals surface area contributed by atoms with Crippen LogP contribution in [0.2, 0.25) is 0 Å². The van der Waals surface area contributed by atoms with E-state index in [2.05, 4.69) is 0 Å². The first-order valence-corrected chi connectivity index (χ1v) is 14.8. The topological polar surface area (TPSA) is 127 Å². The van der Waals surface area contributed by atoms with Crippen molar-refractivity contribution < 1.29 is 38.9 Å². The fraction of sp³-hybridized carbons (Fsp3) is 0.515. The van der Waals surface area contributed by atoms with Crippen molar-refractivity contribution in [2.45, 2.75) is 111 Å². The number of phenols is 2. The average Bonchev–Trinajstić information content (AvgIpc) is 2.95. The van der Waals surface area contributed by atoms with Crippen LogP contribution in [0.1, 0.15) is 140 Å². The van der Waals surface area contributed by atoms with E-state index in [1.165, 1.54) is 0 Å². The highest BCUT2D eigenvalue weighted by Gasteiger charge is 2.36. The molecule has 0 radical (unpaired) electrons. The van der Waals surface area contributed by atoms with Gasteiger partial charge in [-0.2, -0.15) is 0 Å². The second-order valence-corrected chi connectivity index (χ2v) is 10.4. The number of ether oxygens (including phenoxy) is 2. The summed E-state index contributed by atoms with van der Waals surface area (Å²) in [6, 6.07) is 7.29. The zero-order valence-electron chi connectivity index (χ0n) is 24.8. The van der Waals surface area contributed by atoms with E-state index in [4.69, 9.17) is 9.47 Å². The average molecular weight is 569 g/mol. The Morgan fingerprint density at radius 1 is 0.659 bits per heavy atom. The second-order valence-electron chi connectivity index (χ2n) is 10.4. The SMILES string of the molecule is CCCCCC(=O)Oc1c(O)c(O)c(C(=O)CCCCC)c(C(=O)OCc2ccc(C)cc2)c1C(=O)CCCCC. The Hall–Kier alpha value is -3.68. The lowest BCUT2D eigenvalue weighted by Gasteiger charge is -2.20. The smallest absolute Gasteiger partial charge is 0.340 e. The van der Waals surface area contributed by atoms with Crippen LogP contribution < -0.4 is 4.74 Å². The minimum Gasteiger partial charge on any atom is -0.504 e. The third-order valence-corrected chi connectivity index (χ3v) is 6.87. The summed E-state index contributed by atoms with van der Waals surface area (Å²) < 4.78 is 11.0. The summed E-state index contributed by atoms with van der Waals surface area (Å²) in [6.07, 6.45) is 6.27. The van der Waals surface area contributed by atoms with Crippen molar-refractivity contribution in [3.63, 3.8) is 0 Å². The predicted molar refractivity (Wildman–Crippen MR) is 157 cm³/mol. The third kappa shape index (κ3) is 9.73. The fourth-order valence-electron chi connectivity index (χ4n) is 4.45. The van der Waals surface area contributed by atoms with Crippen LogP contribution in [-0.4, -0.2) is 33.7 Å². The van der Waals surface area contributed by atoms with Gasteiger partial charge in [-0.1, -0.05) is 89.1 Å². The van der Waals surface area contributed by atoms with Crippen LogP contribution in [0.3, 0.4) is 0 Å². The Bertz CT molecular complexity index is 1200. The quantitative estimate of drug-likeness (QED) is 0.0613. The lowest BCUT2D eigenvalue weighted by Crippen LogP contribution is -2.21. The molecular weight excluding hydrogens is 524 g/mol. The minimum atomic E-state index is -1.03. The van der Waals surface area contributed by atoms with Crippen molar-refractivity contribution in [3.8, 4) is 17.2 Å². The van der Waals surface area contributed by atoms with E-state index in [0.29, 0.717) is 24.8 Å². The van der Waals surface area contributed by atoms with Gasteiger partial charge in [0.15, 0.2) is 23.1 Å². The molecule has 0 aliphatic rings. The summed E-state index contributed by atoms with van der Waals surface area (Å²) in [7, 11) is 0. The minimum absolute atomic E-state index is 0.0137. The second kappa shape index (κ2) is 17.2. The summed E-state index contributed by atoms with van der Waals surface area (Å²) in [4.78, 5) is 53.3. The van der Waals surface area contributed by atoms with Crippen LogP contribution in [-0.2, 0) is 16.1 Å². The highest BCUT2D eigenvalue weighted by molar-refractivity contribution is 6.17. The van der Waals surface area contributed by atoms with Crippen LogP contribution in [0.4, 0.5) is 0 Å². The molecule has 0 spiro atoms. The summed E-state index contributed by atoms with van der Waals surface area (Å²) in [5, 5.41) is 22.0. The number of Topliss-reactive ketones (excluding diaryl/α,β-unsaturated/α-hetero) is 2. The van der Waals surface area contributed by atoms with E-state index in [1.807, 2.05) is 39.8 Å². The van der Waals surface area contributed by atoms with Gasteiger partial charge in [-0.3, -0.25) is 14.4 Å². The molecule has 0 saturated carbocycles. The number of carbonyl (C=O) groups excluding carboxylic acids is 4. The number of hydrogen-bond donors (Lipinski definition) is 2. The Labute approximate surface area is 243 Å². The molecule has 0 aliphatic heterocycles. The fourth-order valence-corrected chi connectivity index (χ4v) is 4.45. The summed E-state index contributed by atoms with van der Waals surface area (Å²) in [6.45, 7) is 7.69. The molecule has 41 heavy (non-hydrogen) atoms. The molecule has 0 heterocycles. The van der Waals surface area contributed by atoms with Crippen LogP contribution in [0.25, 0.3) is 0 Å². The molecule has 0 atom stereocenters. The number of aromatic hydroxyl groups is 2. The van der Waals surface area contributed by atoms with Gasteiger partial charge in [0.05, 0.1) is 16.7 Å². The maximum absolute atomic E-state index is 13.6. The first-order chi connectivity index (χ1) is 19.7. The monoisotopic (exact) mass is 568 g/mol. The molecule has 0 amide bonds. The first-order valence-electron chi connectivity index (χ1n) is 14.8. The van der Waals surface area contributed by atoms with Gasteiger partial charge in [-0.25, -0.2) is 4.79 Å². The normalized spacial score (nSPS) is 10.8. The number of aryl methyl sites for hydroxylation is 1. The maximum atomic E-state index is 13.6. The summed E-state index contributed by atoms with van der Waals surface area (Å²) >= 11 is 0. The Balaban J connectivity index is 2.68. The van der Waals surface area contributed by atoms with Gasteiger partial charge >= 0.3 is 11.9 Å². The molecule has 2 aromatic carbocycles. The molecule has 2 rings (SSSR count). The number of rotatable bonds is 18. The molecule has 224 valence electrons. The standard InChI is InChI=1S/C33H44O8/c1-5-8-11-14-24(34)27-29(33(39)40-21-23-19-17-22(4)18-20-23)28(25(35)15-12-9-6-2)32(31(38)30(27)37)41-26(36)16-13-10-7-3/h17-20,37-38H,5-16,21H2,1-4H3. The van der Waals surface area contributed by atoms with Crippen molar-refractivity contribution >= 4 is 23.5 Å². The van der Waals surface area contributed by atoms with Gasteiger partial charge in [0.1, 0.15) is 6.61 Å². The van der Waals surface area contributed by atoms with E-state index in [1.54, 1.807) is 12.1 Å². The molecule has 2 N–H and O–H groups in total. The number of ketones is 2. The number of unbranched alkanes of at least 4 members (excludes halogenated alkanes) is 6. The number of esters is 2. The van der Waals surface area contributed by atoms with Gasteiger partial charge in [-0.05, 0) is 31.7 Å². The molecule has 0 aromatic heterocycles. The molecule has 0 bridgehead atoms. The van der Waals surface area contributed by atoms with Crippen LogP contribution in [0.15, 0.2) is 24.3 Å². The number of carbonyl (C=O) groups is 4. The molecule has 0 fully saturated rings. The highest BCUT2D eigenvalue weighted by atomic mass is 16.5. The lowest BCUT2D eigenvalue weighted by molar-refractivity contribution is -0.134. The van der Waals surface area contributed by atoms with Crippen LogP contribution in [0.5, 0.6) is 17.2 Å². The van der Waals surface area contributed by atoms with E-state index < -0.39 is 57.4 Å². The van der Waals surface area contributed by atoms with Crippen LogP contribution in [0, 0.1) is 6.92 Å². The third-order valence-electron chi connectivity index (χ3n) is 6.87. The van der Waals surface area contributed by atoms with Crippen molar-refractivity contribution in [1.29, 1.82) is 0 Å². The maximum Gasteiger partial charge on any atom is 0.340 e. The van der Waals surface area contributed by atoms with E-state index in [0.717, 1.165) is 44.1 Å². The Morgan fingerprint density at radius 2 is 1.17 bits per heavy atom.